The van der Waals surface area contributed by atoms with Crippen LogP contribution < -0.4 is 21.2 Å². The monoisotopic (exact) mass is 482 g/mol. The lowest BCUT2D eigenvalue weighted by atomic mass is 9.77. The fraction of sp³-hybridized carbons (Fsp3) is 0.185. The van der Waals surface area contributed by atoms with Gasteiger partial charge in [-0.2, -0.15) is 5.10 Å². The van der Waals surface area contributed by atoms with E-state index in [0.717, 1.165) is 16.7 Å². The van der Waals surface area contributed by atoms with Crippen molar-refractivity contribution in [3.05, 3.63) is 114 Å². The maximum Gasteiger partial charge on any atom is 0.373 e. The van der Waals surface area contributed by atoms with Gasteiger partial charge in [0.2, 0.25) is 0 Å². The molecule has 0 unspecified atom stereocenters. The molecule has 4 aromatic rings. The van der Waals surface area contributed by atoms with Crippen molar-refractivity contribution in [2.75, 3.05) is 23.7 Å². The molecule has 0 aliphatic rings. The molecule has 4 rings (SSSR count). The van der Waals surface area contributed by atoms with Crippen LogP contribution in [0, 0.1) is 0 Å². The Labute approximate surface area is 211 Å². The molecule has 0 radical (unpaired) electrons. The van der Waals surface area contributed by atoms with Crippen molar-refractivity contribution in [1.82, 2.24) is 20.3 Å². The third kappa shape index (κ3) is 5.59. The van der Waals surface area contributed by atoms with Gasteiger partial charge in [-0.25, -0.2) is 4.79 Å². The van der Waals surface area contributed by atoms with E-state index in [0.29, 0.717) is 24.6 Å². The number of nitrogens with zero attached hydrogens (tertiary/aromatic N) is 2. The van der Waals surface area contributed by atoms with Crippen molar-refractivity contribution in [1.29, 1.82) is 0 Å². The number of urea groups is 1. The van der Waals surface area contributed by atoms with Gasteiger partial charge in [0.1, 0.15) is 17.0 Å². The van der Waals surface area contributed by atoms with Gasteiger partial charge < -0.3 is 26.2 Å². The van der Waals surface area contributed by atoms with E-state index in [1.54, 1.807) is 17.7 Å². The Hall–Kier alpha value is -4.08. The molecule has 0 aliphatic carbocycles. The summed E-state index contributed by atoms with van der Waals surface area (Å²) in [6.45, 7) is 2.44. The lowest BCUT2D eigenvalue weighted by molar-refractivity contribution is 0.252. The van der Waals surface area contributed by atoms with Gasteiger partial charge in [0, 0.05) is 20.1 Å². The fourth-order valence-corrected chi connectivity index (χ4v) is 4.26. The van der Waals surface area contributed by atoms with Crippen LogP contribution in [-0.4, -0.2) is 41.0 Å². The lowest BCUT2D eigenvalue weighted by Gasteiger charge is -2.38. The predicted octanol–water partition coefficient (Wildman–Crippen LogP) is 3.65. The van der Waals surface area contributed by atoms with E-state index < -0.39 is 12.6 Å². The molecular weight excluding hydrogens is 451 g/mol. The minimum absolute atomic E-state index is 0.358. The summed E-state index contributed by atoms with van der Waals surface area (Å²) in [5, 5.41) is 26.1. The zero-order valence-electron chi connectivity index (χ0n) is 20.5. The summed E-state index contributed by atoms with van der Waals surface area (Å²) in [4.78, 5) is 12.6. The molecule has 0 atom stereocenters. The highest BCUT2D eigenvalue weighted by molar-refractivity contribution is 6.45. The fourth-order valence-electron chi connectivity index (χ4n) is 4.26. The van der Waals surface area contributed by atoms with Gasteiger partial charge in [-0.1, -0.05) is 91.0 Å². The highest BCUT2D eigenvalue weighted by Crippen LogP contribution is 2.41. The van der Waals surface area contributed by atoms with Crippen LogP contribution in [-0.2, 0) is 12.6 Å². The molecule has 3 aromatic carbocycles. The van der Waals surface area contributed by atoms with Gasteiger partial charge in [-0.3, -0.25) is 4.68 Å². The molecule has 9 heteroatoms. The maximum absolute atomic E-state index is 12.6. The summed E-state index contributed by atoms with van der Waals surface area (Å²) >= 11 is 0. The Morgan fingerprint density at radius 3 is 1.86 bits per heavy atom. The average molecular weight is 482 g/mol. The number of carbonyl (C=O) groups is 1. The van der Waals surface area contributed by atoms with Crippen molar-refractivity contribution in [3.63, 3.8) is 0 Å². The molecule has 5 N–H and O–H groups in total. The minimum atomic E-state index is -0.758. The predicted molar refractivity (Wildman–Crippen MR) is 145 cm³/mol. The molecule has 2 amide bonds. The van der Waals surface area contributed by atoms with Gasteiger partial charge in [-0.05, 0) is 23.5 Å². The Bertz CT molecular complexity index is 1150. The first kappa shape index (κ1) is 25.0. The van der Waals surface area contributed by atoms with Crippen molar-refractivity contribution in [3.8, 4) is 0 Å². The average Bonchev–Trinajstić information content (AvgIpc) is 3.24. The van der Waals surface area contributed by atoms with E-state index in [1.165, 1.54) is 0 Å². The van der Waals surface area contributed by atoms with Crippen LogP contribution >= 0.6 is 0 Å². The highest BCUT2D eigenvalue weighted by atomic mass is 16.2. The molecule has 1 heterocycles. The Morgan fingerprint density at radius 1 is 0.889 bits per heavy atom. The smallest absolute Gasteiger partial charge is 0.373 e. The molecular formula is C27H31BN6O2. The summed E-state index contributed by atoms with van der Waals surface area (Å²) in [6, 6.07) is 30.3. The number of benzene rings is 3. The zero-order valence-corrected chi connectivity index (χ0v) is 20.5. The van der Waals surface area contributed by atoms with Gasteiger partial charge in [0.15, 0.2) is 0 Å². The maximum atomic E-state index is 12.6. The van der Waals surface area contributed by atoms with E-state index in [-0.39, 0.29) is 6.03 Å². The van der Waals surface area contributed by atoms with Crippen LogP contribution in [0.15, 0.2) is 97.2 Å². The number of aryl methyl sites for hydroxylation is 1. The quantitative estimate of drug-likeness (QED) is 0.135. The first-order valence-corrected chi connectivity index (χ1v) is 11.9. The number of amides is 2. The Balaban J connectivity index is 1.73. The topological polar surface area (TPSA) is 103 Å². The summed E-state index contributed by atoms with van der Waals surface area (Å²) in [5.74, 6) is 0.656. The Kier molecular flexibility index (Phi) is 8.04. The van der Waals surface area contributed by atoms with Crippen LogP contribution in [0.25, 0.3) is 0 Å². The van der Waals surface area contributed by atoms with E-state index in [4.69, 9.17) is 0 Å². The number of hydrogen-bond acceptors (Lipinski definition) is 5. The number of rotatable bonds is 10. The SMILES string of the molecule is CB(O)NCCNC(=O)Nc1cnn(C)c1NC(c1ccccc1)(c1ccccc1)c1ccccc1. The standard InChI is InChI=1S/C27H31BN6O2/c1-28(36)30-19-18-29-26(35)32-24-20-31-34(2)25(24)33-27(21-12-6-3-7-13-21,22-14-8-4-9-15-22)23-16-10-5-11-17-23/h3-17,20,30,33,36H,18-19H2,1-2H3,(H2,29,32,35). The molecule has 1 aromatic heterocycles. The van der Waals surface area contributed by atoms with Gasteiger partial charge >= 0.3 is 13.1 Å². The summed E-state index contributed by atoms with van der Waals surface area (Å²) < 4.78 is 1.72. The lowest BCUT2D eigenvalue weighted by Crippen LogP contribution is -2.40. The third-order valence-corrected chi connectivity index (χ3v) is 5.96. The minimum Gasteiger partial charge on any atom is -0.437 e. The molecule has 36 heavy (non-hydrogen) atoms. The van der Waals surface area contributed by atoms with E-state index >= 15 is 0 Å². The van der Waals surface area contributed by atoms with Gasteiger partial charge in [0.25, 0.3) is 0 Å². The molecule has 0 aliphatic heterocycles. The number of nitrogens with one attached hydrogen (secondary N) is 4. The zero-order chi connectivity index (χ0) is 25.4. The number of aromatic nitrogens is 2. The molecule has 0 fully saturated rings. The van der Waals surface area contributed by atoms with Crippen molar-refractivity contribution >= 4 is 24.6 Å². The van der Waals surface area contributed by atoms with E-state index in [2.05, 4.69) is 62.7 Å². The first-order chi connectivity index (χ1) is 17.5. The highest BCUT2D eigenvalue weighted by Gasteiger charge is 2.37. The van der Waals surface area contributed by atoms with Crippen LogP contribution in [0.5, 0.6) is 0 Å². The first-order valence-electron chi connectivity index (χ1n) is 11.9. The molecule has 8 nitrogen and oxygen atoms in total. The number of anilines is 2. The molecule has 0 saturated heterocycles. The number of carbonyl (C=O) groups excluding carboxylic acids is 1. The largest absolute Gasteiger partial charge is 0.437 e. The second kappa shape index (κ2) is 11.6. The van der Waals surface area contributed by atoms with Crippen LogP contribution in [0.3, 0.4) is 0 Å². The molecule has 0 saturated carbocycles. The van der Waals surface area contributed by atoms with Crippen molar-refractivity contribution < 1.29 is 9.82 Å². The molecule has 0 spiro atoms. The summed E-state index contributed by atoms with van der Waals surface area (Å²) in [7, 11) is 1.20. The Morgan fingerprint density at radius 2 is 1.39 bits per heavy atom. The van der Waals surface area contributed by atoms with E-state index in [9.17, 15) is 9.82 Å². The second-order valence-electron chi connectivity index (χ2n) is 8.51. The van der Waals surface area contributed by atoms with Gasteiger partial charge in [0.05, 0.1) is 6.20 Å². The summed E-state index contributed by atoms with van der Waals surface area (Å²) in [5.41, 5.74) is 2.92. The molecule has 0 bridgehead atoms. The van der Waals surface area contributed by atoms with Gasteiger partial charge in [-0.15, -0.1) is 0 Å². The number of hydrogen-bond donors (Lipinski definition) is 5. The van der Waals surface area contributed by atoms with E-state index in [1.807, 2.05) is 61.6 Å². The summed E-state index contributed by atoms with van der Waals surface area (Å²) in [6.07, 6.45) is 1.63. The third-order valence-electron chi connectivity index (χ3n) is 5.96. The van der Waals surface area contributed by atoms with Crippen LogP contribution in [0.4, 0.5) is 16.3 Å². The van der Waals surface area contributed by atoms with Crippen LogP contribution in [0.1, 0.15) is 16.7 Å². The molecule has 184 valence electrons. The van der Waals surface area contributed by atoms with Crippen molar-refractivity contribution in [2.24, 2.45) is 7.05 Å². The second-order valence-corrected chi connectivity index (χ2v) is 8.51. The van der Waals surface area contributed by atoms with Crippen LogP contribution in [0.2, 0.25) is 6.82 Å². The normalized spacial score (nSPS) is 11.1. The van der Waals surface area contributed by atoms with Crippen molar-refractivity contribution in [2.45, 2.75) is 12.4 Å².